The third kappa shape index (κ3) is 9.08. The zero-order valence-corrected chi connectivity index (χ0v) is 21.2. The Morgan fingerprint density at radius 1 is 0.794 bits per heavy atom. The summed E-state index contributed by atoms with van der Waals surface area (Å²) in [7, 11) is 0. The van der Waals surface area contributed by atoms with Crippen LogP contribution in [0.5, 0.6) is 0 Å². The van der Waals surface area contributed by atoms with E-state index in [9.17, 15) is 0 Å². The van der Waals surface area contributed by atoms with Gasteiger partial charge in [0, 0.05) is 64.3 Å². The zero-order chi connectivity index (χ0) is 22.6. The molecular weight excluding hydrogens is 463 g/mol. The van der Waals surface area contributed by atoms with Gasteiger partial charge in [-0.2, -0.15) is 0 Å². The molecule has 0 unspecified atom stereocenters. The van der Waals surface area contributed by atoms with E-state index >= 15 is 0 Å². The van der Waals surface area contributed by atoms with E-state index < -0.39 is 0 Å². The van der Waals surface area contributed by atoms with Crippen LogP contribution in [0.2, 0.25) is 0 Å². The number of benzene rings is 2. The number of hydrogen-bond acceptors (Lipinski definition) is 6. The quantitative estimate of drug-likeness (QED) is 0.267. The summed E-state index contributed by atoms with van der Waals surface area (Å²) in [6.45, 7) is 11.1. The fourth-order valence-corrected chi connectivity index (χ4v) is 4.25. The minimum Gasteiger partial charge on any atom is -0.315 e. The van der Waals surface area contributed by atoms with Crippen LogP contribution in [0.3, 0.4) is 0 Å². The molecule has 2 aromatic carbocycles. The SMILES string of the molecule is [Mn+2].c1cc2cc(c1)CNCCN(CCNCCCNCc1ccc3ccccc3n1)CCNC2. The van der Waals surface area contributed by atoms with Gasteiger partial charge in [0.15, 0.2) is 0 Å². The summed E-state index contributed by atoms with van der Waals surface area (Å²) in [4.78, 5) is 7.27. The van der Waals surface area contributed by atoms with Crippen molar-refractivity contribution in [2.24, 2.45) is 0 Å². The van der Waals surface area contributed by atoms with Crippen LogP contribution in [0.4, 0.5) is 0 Å². The minimum absolute atomic E-state index is 0. The molecule has 1 aliphatic rings. The van der Waals surface area contributed by atoms with E-state index in [-0.39, 0.29) is 17.1 Å². The molecule has 3 aromatic rings. The smallest absolute Gasteiger partial charge is 0.315 e. The number of hydrogen-bond donors (Lipinski definition) is 4. The molecule has 34 heavy (non-hydrogen) atoms. The second kappa shape index (κ2) is 15.2. The van der Waals surface area contributed by atoms with Crippen molar-refractivity contribution < 1.29 is 17.1 Å². The van der Waals surface area contributed by atoms with Crippen molar-refractivity contribution in [2.45, 2.75) is 26.1 Å². The molecule has 2 heterocycles. The minimum atomic E-state index is 0. The molecule has 1 radical (unpaired) electrons. The Hall–Kier alpha value is -1.83. The predicted molar refractivity (Wildman–Crippen MR) is 137 cm³/mol. The number of fused-ring (bicyclic) bond motifs is 3. The fourth-order valence-electron chi connectivity index (χ4n) is 4.25. The Balaban J connectivity index is 0.00000324. The van der Waals surface area contributed by atoms with Crippen molar-refractivity contribution in [2.75, 3.05) is 52.4 Å². The third-order valence-corrected chi connectivity index (χ3v) is 6.13. The first kappa shape index (κ1) is 26.8. The summed E-state index contributed by atoms with van der Waals surface area (Å²) in [5.74, 6) is 0. The van der Waals surface area contributed by atoms with Gasteiger partial charge in [0.05, 0.1) is 11.2 Å². The summed E-state index contributed by atoms with van der Waals surface area (Å²) in [6, 6.07) is 21.4. The molecule has 0 saturated heterocycles. The molecule has 6 nitrogen and oxygen atoms in total. The largest absolute Gasteiger partial charge is 2.00 e. The van der Waals surface area contributed by atoms with E-state index in [1.54, 1.807) is 0 Å². The van der Waals surface area contributed by atoms with Crippen LogP contribution in [0.1, 0.15) is 23.2 Å². The Labute approximate surface area is 214 Å². The van der Waals surface area contributed by atoms with Crippen molar-refractivity contribution in [3.63, 3.8) is 0 Å². The van der Waals surface area contributed by atoms with Gasteiger partial charge in [-0.15, -0.1) is 0 Å². The van der Waals surface area contributed by atoms with Crippen LogP contribution in [-0.4, -0.2) is 62.2 Å². The van der Waals surface area contributed by atoms with Crippen LogP contribution >= 0.6 is 0 Å². The van der Waals surface area contributed by atoms with Gasteiger partial charge in [0.2, 0.25) is 0 Å². The van der Waals surface area contributed by atoms with Crippen molar-refractivity contribution >= 4 is 10.9 Å². The second-order valence-corrected chi connectivity index (χ2v) is 8.79. The van der Waals surface area contributed by atoms with Crippen LogP contribution in [0, 0.1) is 0 Å². The first-order chi connectivity index (χ1) is 16.4. The van der Waals surface area contributed by atoms with Gasteiger partial charge in [-0.25, -0.2) is 0 Å². The van der Waals surface area contributed by atoms with Crippen molar-refractivity contribution in [1.82, 2.24) is 31.2 Å². The van der Waals surface area contributed by atoms with E-state index in [0.29, 0.717) is 0 Å². The van der Waals surface area contributed by atoms with Gasteiger partial charge in [0.1, 0.15) is 0 Å². The molecule has 1 aliphatic heterocycles. The van der Waals surface area contributed by atoms with Gasteiger partial charge in [0.25, 0.3) is 0 Å². The van der Waals surface area contributed by atoms with Gasteiger partial charge in [-0.3, -0.25) is 9.88 Å². The topological polar surface area (TPSA) is 64.2 Å². The summed E-state index contributed by atoms with van der Waals surface area (Å²) in [5.41, 5.74) is 4.91. The zero-order valence-electron chi connectivity index (χ0n) is 20.0. The molecule has 0 saturated carbocycles. The molecule has 0 spiro atoms. The number of aromatic nitrogens is 1. The van der Waals surface area contributed by atoms with E-state index in [1.165, 1.54) is 16.5 Å². The summed E-state index contributed by atoms with van der Waals surface area (Å²) < 4.78 is 0. The Kier molecular flexibility index (Phi) is 12.0. The normalized spacial score (nSPS) is 15.3. The first-order valence-electron chi connectivity index (χ1n) is 12.3. The van der Waals surface area contributed by atoms with Crippen molar-refractivity contribution in [3.05, 3.63) is 77.5 Å². The predicted octanol–water partition coefficient (Wildman–Crippen LogP) is 2.50. The van der Waals surface area contributed by atoms with Gasteiger partial charge in [-0.05, 0) is 42.8 Å². The van der Waals surface area contributed by atoms with Crippen LogP contribution in [-0.2, 0) is 36.7 Å². The van der Waals surface area contributed by atoms with Crippen molar-refractivity contribution in [1.29, 1.82) is 0 Å². The average Bonchev–Trinajstić information content (AvgIpc) is 2.85. The standard InChI is InChI=1S/C27H38N6.Mn/c1-2-8-27-25(7-1)9-10-26(32-27)22-29-12-4-11-28-13-16-33-17-14-30-20-23-5-3-6-24(19-23)21-31-15-18-33;/h1-3,5-10,19,28-31H,4,11-18,20-22H2;/q;+2. The average molecular weight is 502 g/mol. The molecule has 181 valence electrons. The van der Waals surface area contributed by atoms with E-state index in [0.717, 1.165) is 89.6 Å². The van der Waals surface area contributed by atoms with Crippen LogP contribution in [0.15, 0.2) is 60.7 Å². The van der Waals surface area contributed by atoms with Gasteiger partial charge < -0.3 is 21.3 Å². The van der Waals surface area contributed by atoms with E-state index in [1.807, 2.05) is 6.07 Å². The number of nitrogens with zero attached hydrogens (tertiary/aromatic N) is 2. The molecule has 4 N–H and O–H groups in total. The van der Waals surface area contributed by atoms with Crippen LogP contribution < -0.4 is 21.3 Å². The number of rotatable bonds is 9. The van der Waals surface area contributed by atoms with Gasteiger partial charge in [-0.1, -0.05) is 48.5 Å². The monoisotopic (exact) mass is 501 g/mol. The molecule has 0 aliphatic carbocycles. The number of nitrogens with one attached hydrogen (secondary N) is 4. The summed E-state index contributed by atoms with van der Waals surface area (Å²) in [5, 5.41) is 15.5. The molecule has 0 amide bonds. The third-order valence-electron chi connectivity index (χ3n) is 6.13. The molecule has 2 bridgehead atoms. The van der Waals surface area contributed by atoms with Gasteiger partial charge >= 0.3 is 17.1 Å². The van der Waals surface area contributed by atoms with E-state index in [4.69, 9.17) is 4.98 Å². The Bertz CT molecular complexity index is 955. The van der Waals surface area contributed by atoms with E-state index in [2.05, 4.69) is 80.8 Å². The maximum Gasteiger partial charge on any atom is 2.00 e. The van der Waals surface area contributed by atoms with Crippen molar-refractivity contribution in [3.8, 4) is 0 Å². The van der Waals surface area contributed by atoms with Crippen LogP contribution in [0.25, 0.3) is 10.9 Å². The molecule has 4 rings (SSSR count). The Morgan fingerprint density at radius 2 is 1.53 bits per heavy atom. The molecular formula is C27H38MnN6+2. The number of pyridine rings is 1. The summed E-state index contributed by atoms with van der Waals surface area (Å²) in [6.07, 6.45) is 1.12. The number of para-hydroxylation sites is 1. The first-order valence-corrected chi connectivity index (χ1v) is 12.3. The summed E-state index contributed by atoms with van der Waals surface area (Å²) >= 11 is 0. The molecule has 1 aromatic heterocycles. The molecule has 0 atom stereocenters. The second-order valence-electron chi connectivity index (χ2n) is 8.79. The molecule has 0 fully saturated rings. The maximum absolute atomic E-state index is 4.73. The Morgan fingerprint density at radius 3 is 2.32 bits per heavy atom. The fraction of sp³-hybridized carbons (Fsp3) is 0.444. The maximum atomic E-state index is 4.73. The molecule has 7 heteroatoms.